The Bertz CT molecular complexity index is 4010. The smallest absolute Gasteiger partial charge is 0.343 e. The van der Waals surface area contributed by atoms with Gasteiger partial charge in [-0.3, -0.25) is 0 Å². The summed E-state index contributed by atoms with van der Waals surface area (Å²) in [5.74, 6) is 2.89. The molecule has 93 heavy (non-hydrogen) atoms. The molecule has 0 unspecified atom stereocenters. The summed E-state index contributed by atoms with van der Waals surface area (Å²) in [6.07, 6.45) is 0.660. The van der Waals surface area contributed by atoms with E-state index in [9.17, 15) is 9.59 Å². The second-order valence-electron chi connectivity index (χ2n) is 23.3. The molecular formula is C79H78O13Si. The van der Waals surface area contributed by atoms with Crippen molar-refractivity contribution in [2.45, 2.75) is 64.9 Å². The van der Waals surface area contributed by atoms with Gasteiger partial charge in [0, 0.05) is 65.3 Å². The van der Waals surface area contributed by atoms with Crippen LogP contribution in [0.3, 0.4) is 0 Å². The molecule has 0 spiro atoms. The lowest BCUT2D eigenvalue weighted by atomic mass is 9.93. The molecule has 10 aromatic rings. The average molecular weight is 1260 g/mol. The van der Waals surface area contributed by atoms with E-state index < -0.39 is 20.3 Å². The highest BCUT2D eigenvalue weighted by atomic mass is 28.4. The lowest BCUT2D eigenvalue weighted by Gasteiger charge is -2.43. The second-order valence-corrected chi connectivity index (χ2v) is 27.6. The molecule has 0 saturated heterocycles. The third-order valence-corrected chi connectivity index (χ3v) is 20.9. The van der Waals surface area contributed by atoms with Crippen molar-refractivity contribution in [1.82, 2.24) is 0 Å². The first-order valence-corrected chi connectivity index (χ1v) is 32.8. The van der Waals surface area contributed by atoms with Gasteiger partial charge >= 0.3 is 11.9 Å². The number of carbonyl (C=O) groups excluding carboxylic acids is 2. The van der Waals surface area contributed by atoms with Crippen molar-refractivity contribution in [3.05, 3.63) is 298 Å². The standard InChI is InChI=1S/C79H78O13Si/c1-79(2,3)93(71-34-22-12-23-35-71,72-36-24-13-25-37-72)90-54-66-51-69(88-53-57-28-16-9-17-29-57)48-63(76(66)85-7)44-65-50-70(92-78(81)59-32-20-11-21-33-59)49-64(75(65)84-6)43-62-47-68(87-52-56-26-14-8-15-27-56)46-61(74(62)83-5)42-60-45-67(91-77(80)58-30-18-10-19-31-58)38-39-73(60)89-55-86-41-40-82-4/h8-39,45-51H,40-44,52-55H2,1-7H3. The second kappa shape index (κ2) is 31.9. The van der Waals surface area contributed by atoms with Crippen molar-refractivity contribution in [2.75, 3.05) is 48.4 Å². The maximum atomic E-state index is 14.2. The molecule has 0 aliphatic rings. The maximum Gasteiger partial charge on any atom is 0.343 e. The lowest BCUT2D eigenvalue weighted by Crippen LogP contribution is -2.66. The number of hydrogen-bond donors (Lipinski definition) is 0. The van der Waals surface area contributed by atoms with Crippen LogP contribution >= 0.6 is 0 Å². The minimum Gasteiger partial charge on any atom is -0.496 e. The first-order valence-electron chi connectivity index (χ1n) is 30.9. The van der Waals surface area contributed by atoms with Gasteiger partial charge in [0.25, 0.3) is 8.32 Å². The monoisotopic (exact) mass is 1260 g/mol. The maximum absolute atomic E-state index is 14.2. The van der Waals surface area contributed by atoms with Crippen molar-refractivity contribution in [3.63, 3.8) is 0 Å². The van der Waals surface area contributed by atoms with E-state index >= 15 is 0 Å². The van der Waals surface area contributed by atoms with Crippen LogP contribution in [0.5, 0.6) is 46.0 Å². The quantitative estimate of drug-likeness (QED) is 0.0139. The predicted octanol–water partition coefficient (Wildman–Crippen LogP) is 15.2. The molecule has 0 heterocycles. The van der Waals surface area contributed by atoms with Crippen LogP contribution in [0, 0.1) is 0 Å². The minimum absolute atomic E-state index is 0.0661. The normalized spacial score (nSPS) is 11.3. The van der Waals surface area contributed by atoms with Crippen LogP contribution in [-0.2, 0) is 53.0 Å². The van der Waals surface area contributed by atoms with Crippen LogP contribution < -0.4 is 48.3 Å². The summed E-state index contributed by atoms with van der Waals surface area (Å²) in [6, 6.07) is 75.6. The Hall–Kier alpha value is -9.96. The number of esters is 2. The van der Waals surface area contributed by atoms with Gasteiger partial charge < -0.3 is 51.8 Å². The summed E-state index contributed by atoms with van der Waals surface area (Å²) in [4.78, 5) is 27.6. The van der Waals surface area contributed by atoms with Gasteiger partial charge in [-0.15, -0.1) is 0 Å². The van der Waals surface area contributed by atoms with E-state index in [1.54, 1.807) is 95.2 Å². The van der Waals surface area contributed by atoms with Crippen LogP contribution in [0.25, 0.3) is 0 Å². The number of hydrogen-bond acceptors (Lipinski definition) is 13. The zero-order valence-electron chi connectivity index (χ0n) is 53.7. The van der Waals surface area contributed by atoms with Gasteiger partial charge in [-0.2, -0.15) is 0 Å². The minimum atomic E-state index is -3.07. The van der Waals surface area contributed by atoms with Crippen LogP contribution in [-0.4, -0.2) is 68.7 Å². The number of carbonyl (C=O) groups is 2. The van der Waals surface area contributed by atoms with E-state index in [1.807, 2.05) is 121 Å². The Morgan fingerprint density at radius 1 is 0.376 bits per heavy atom. The molecule has 0 atom stereocenters. The molecule has 476 valence electrons. The number of rotatable bonds is 30. The zero-order valence-corrected chi connectivity index (χ0v) is 54.7. The third kappa shape index (κ3) is 16.8. The first kappa shape index (κ1) is 66.0. The van der Waals surface area contributed by atoms with E-state index in [-0.39, 0.29) is 50.1 Å². The van der Waals surface area contributed by atoms with Gasteiger partial charge in [0.15, 0.2) is 6.79 Å². The van der Waals surface area contributed by atoms with Crippen molar-refractivity contribution < 1.29 is 61.4 Å². The van der Waals surface area contributed by atoms with E-state index in [1.165, 1.54) is 0 Å². The highest BCUT2D eigenvalue weighted by Crippen LogP contribution is 2.43. The number of methoxy groups -OCH3 is 4. The summed E-state index contributed by atoms with van der Waals surface area (Å²) in [7, 11) is 3.47. The largest absolute Gasteiger partial charge is 0.496 e. The Morgan fingerprint density at radius 3 is 1.18 bits per heavy atom. The Kier molecular flexibility index (Phi) is 22.6. The molecule has 0 fully saturated rings. The molecule has 0 amide bonds. The summed E-state index contributed by atoms with van der Waals surface area (Å²) < 4.78 is 70.1. The molecule has 10 aromatic carbocycles. The van der Waals surface area contributed by atoms with E-state index in [2.05, 4.69) is 69.3 Å². The van der Waals surface area contributed by atoms with Crippen molar-refractivity contribution in [3.8, 4) is 46.0 Å². The summed E-state index contributed by atoms with van der Waals surface area (Å²) in [6.45, 7) is 8.17. The molecule has 0 saturated carbocycles. The number of benzene rings is 10. The van der Waals surface area contributed by atoms with Gasteiger partial charge in [0.2, 0.25) is 0 Å². The highest BCUT2D eigenvalue weighted by Gasteiger charge is 2.50. The van der Waals surface area contributed by atoms with E-state index in [4.69, 9.17) is 51.8 Å². The Morgan fingerprint density at radius 2 is 0.753 bits per heavy atom. The molecule has 0 radical (unpaired) electrons. The van der Waals surface area contributed by atoms with E-state index in [0.717, 1.165) is 43.8 Å². The lowest BCUT2D eigenvalue weighted by molar-refractivity contribution is -0.00885. The zero-order chi connectivity index (χ0) is 65.0. The molecule has 10 rings (SSSR count). The summed E-state index contributed by atoms with van der Waals surface area (Å²) in [5.41, 5.74) is 7.80. The first-order chi connectivity index (χ1) is 45.4. The molecule has 14 heteroatoms. The molecule has 0 aromatic heterocycles. The van der Waals surface area contributed by atoms with Crippen LogP contribution in [0.2, 0.25) is 5.04 Å². The fourth-order valence-corrected chi connectivity index (χ4v) is 16.2. The molecule has 0 aliphatic heterocycles. The molecular weight excluding hydrogens is 1180 g/mol. The predicted molar refractivity (Wildman–Crippen MR) is 364 cm³/mol. The van der Waals surface area contributed by atoms with Gasteiger partial charge in [-0.1, -0.05) is 178 Å². The Labute approximate surface area is 546 Å². The van der Waals surface area contributed by atoms with Crippen molar-refractivity contribution in [1.29, 1.82) is 0 Å². The van der Waals surface area contributed by atoms with Gasteiger partial charge in [-0.25, -0.2) is 9.59 Å². The summed E-state index contributed by atoms with van der Waals surface area (Å²) in [5, 5.41) is 1.97. The van der Waals surface area contributed by atoms with Crippen LogP contribution in [0.15, 0.2) is 237 Å². The topological polar surface area (TPSA) is 136 Å². The molecule has 0 aliphatic carbocycles. The van der Waals surface area contributed by atoms with Crippen LogP contribution in [0.1, 0.15) is 91.6 Å². The van der Waals surface area contributed by atoms with E-state index in [0.29, 0.717) is 87.9 Å². The SMILES string of the molecule is COCCOCOc1ccc(OC(=O)c2ccccc2)cc1Cc1cc(OCc2ccccc2)cc(Cc2cc(OC(=O)c3ccccc3)cc(Cc3cc(OCc4ccccc4)cc(CO[Si](c4ccccc4)(c4ccccc4)C(C)(C)C)c3OC)c2OC)c1OC. The Balaban J connectivity index is 1.09. The molecule has 0 bridgehead atoms. The fraction of sp³-hybridized carbons (Fsp3) is 0.215. The van der Waals surface area contributed by atoms with Crippen molar-refractivity contribution >= 4 is 30.6 Å². The average Bonchev–Trinajstić information content (AvgIpc) is 0.785. The fourth-order valence-electron chi connectivity index (χ4n) is 11.7. The van der Waals surface area contributed by atoms with Crippen molar-refractivity contribution in [2.24, 2.45) is 0 Å². The highest BCUT2D eigenvalue weighted by molar-refractivity contribution is 6.99. The third-order valence-electron chi connectivity index (χ3n) is 16.0. The summed E-state index contributed by atoms with van der Waals surface area (Å²) >= 11 is 0. The van der Waals surface area contributed by atoms with Gasteiger partial charge in [0.1, 0.15) is 59.2 Å². The molecule has 13 nitrogen and oxygen atoms in total. The van der Waals surface area contributed by atoms with Gasteiger partial charge in [0.05, 0.1) is 52.3 Å². The number of ether oxygens (including phenoxy) is 10. The van der Waals surface area contributed by atoms with Gasteiger partial charge in [-0.05, 0) is 105 Å². The van der Waals surface area contributed by atoms with Crippen LogP contribution in [0.4, 0.5) is 0 Å². The molecule has 0 N–H and O–H groups in total.